The summed E-state index contributed by atoms with van der Waals surface area (Å²) in [6, 6.07) is -7.11. The van der Waals surface area contributed by atoms with E-state index in [9.17, 15) is 126 Å². The smallest absolute Gasteiger partial charge is 0.329 e. The van der Waals surface area contributed by atoms with Crippen LogP contribution in [0.25, 0.3) is 10.9 Å². The first-order valence-corrected chi connectivity index (χ1v) is 40.1. The van der Waals surface area contributed by atoms with Gasteiger partial charge in [-0.3, -0.25) is 95.9 Å². The number of fused-ring (bicyclic) bond motifs is 1. The Labute approximate surface area is 720 Å². The Morgan fingerprint density at radius 1 is 0.548 bits per heavy atom. The van der Waals surface area contributed by atoms with Gasteiger partial charge in [0.15, 0.2) is 5.78 Å². The molecule has 0 radical (unpaired) electrons. The number of carbonyl (C=O) groups is 21. The molecule has 0 unspecified atom stereocenters. The van der Waals surface area contributed by atoms with Gasteiger partial charge in [0.1, 0.15) is 78.3 Å². The maximum absolute atomic E-state index is 15.0. The number of ketones is 1. The summed E-state index contributed by atoms with van der Waals surface area (Å²) >= 11 is 0. The number of hydrogen-bond acceptors (Lipinski definition) is 26. The fourth-order valence-electron chi connectivity index (χ4n) is 12.9. The number of aromatic nitrogens is 1. The number of nitrogens with one attached hydrogen (secondary N) is 15. The number of aliphatic carboxylic acids is 4. The summed E-state index contributed by atoms with van der Waals surface area (Å²) in [7, 11) is 1.31. The zero-order valence-electron chi connectivity index (χ0n) is 69.6. The number of carboxylic acid groups (broad SMARTS) is 4. The number of nitrogen functional groups attached to an aromatic ring is 2. The van der Waals surface area contributed by atoms with Crippen LogP contribution in [0, 0.1) is 5.92 Å². The first kappa shape index (κ1) is 102. The number of hydrogen-bond donors (Lipinski definition) is 23. The highest BCUT2D eigenvalue weighted by molar-refractivity contribution is 6.06. The number of amides is 15. The molecule has 1 aliphatic heterocycles. The SMILES string of the molecule is CCCCCCCCCC(=O)N[C@@H](Cc1c[nH]c2ccccc12)C(=O)N[C@@H](CC(N)=O)C(=O)N[C@@H](CC(=O)O)C(=O)N[C@@H]1C(=O)NCC(=O)N[C@@H](CCCNC(=O)c2cc(OC)ccc2N)C(=O)N[C@@H](CC(=O)O)C(=O)N[C@H](C)C(=O)N[C@@H](CC(=O)O)C(=O)NCC(=O)N[C@H](CO)C(=O)N[C@@H]([C@H](C)CC(=O)O)C(=O)N[C@@H](CC(=O)c2ccccc2N)C(=O)O[C@@H]1C. The van der Waals surface area contributed by atoms with Crippen molar-refractivity contribution >= 4 is 147 Å². The van der Waals surface area contributed by atoms with Crippen molar-refractivity contribution in [1.82, 2.24) is 79.4 Å². The molecule has 0 bridgehead atoms. The molecule has 126 heavy (non-hydrogen) atoms. The van der Waals surface area contributed by atoms with Crippen molar-refractivity contribution in [1.29, 1.82) is 0 Å². The largest absolute Gasteiger partial charge is 0.497 e. The highest BCUT2D eigenvalue weighted by Crippen LogP contribution is 2.23. The van der Waals surface area contributed by atoms with Crippen molar-refractivity contribution in [2.45, 2.75) is 209 Å². The number of carboxylic acids is 4. The van der Waals surface area contributed by atoms with Gasteiger partial charge in [-0.1, -0.05) is 82.7 Å². The van der Waals surface area contributed by atoms with E-state index >= 15 is 0 Å². The fourth-order valence-corrected chi connectivity index (χ4v) is 12.9. The molecule has 3 aromatic carbocycles. The fraction of sp³-hybridized carbons (Fsp3) is 0.487. The van der Waals surface area contributed by atoms with Gasteiger partial charge in [-0.05, 0) is 81.0 Å². The summed E-state index contributed by atoms with van der Waals surface area (Å²) in [6.07, 6.45) is -3.08. The van der Waals surface area contributed by atoms with Crippen molar-refractivity contribution < 1.29 is 136 Å². The minimum absolute atomic E-state index is 0.00882. The average Bonchev–Trinajstić information content (AvgIpc) is 1.43. The van der Waals surface area contributed by atoms with Crippen LogP contribution < -0.4 is 96.4 Å². The number of nitrogens with two attached hydrogens (primary N) is 3. The van der Waals surface area contributed by atoms with Gasteiger partial charge in [0.25, 0.3) is 5.91 Å². The number of rotatable bonds is 38. The van der Waals surface area contributed by atoms with Gasteiger partial charge < -0.3 is 132 Å². The molecule has 5 rings (SSSR count). The minimum atomic E-state index is -2.51. The number of aliphatic hydroxyl groups excluding tert-OH is 1. The quantitative estimate of drug-likeness (QED) is 0.00869. The van der Waals surface area contributed by atoms with Crippen LogP contribution in [-0.2, 0) is 102 Å². The third kappa shape index (κ3) is 33.8. The van der Waals surface area contributed by atoms with Crippen LogP contribution in [0.15, 0.2) is 72.9 Å². The zero-order chi connectivity index (χ0) is 93.6. The van der Waals surface area contributed by atoms with Gasteiger partial charge >= 0.3 is 29.8 Å². The van der Waals surface area contributed by atoms with Gasteiger partial charge in [-0.2, -0.15) is 0 Å². The van der Waals surface area contributed by atoms with Crippen LogP contribution in [0.5, 0.6) is 5.75 Å². The summed E-state index contributed by atoms with van der Waals surface area (Å²) in [5.74, 6) is -31.0. The molecule has 2 heterocycles. The topological polar surface area (TPSA) is 740 Å². The van der Waals surface area contributed by atoms with E-state index in [2.05, 4.69) is 70.4 Å². The average molecular weight is 1770 g/mol. The lowest BCUT2D eigenvalue weighted by atomic mass is 9.96. The molecular formula is C80H108N18O28. The van der Waals surface area contributed by atoms with Gasteiger partial charge in [-0.15, -0.1) is 0 Å². The number of H-pyrrole nitrogens is 1. The van der Waals surface area contributed by atoms with E-state index in [4.69, 9.17) is 26.7 Å². The number of unbranched alkanes of at least 4 members (excludes halogenated alkanes) is 6. The number of aromatic amines is 1. The van der Waals surface area contributed by atoms with Crippen LogP contribution in [0.2, 0.25) is 0 Å². The van der Waals surface area contributed by atoms with E-state index in [0.717, 1.165) is 52.9 Å². The molecule has 26 N–H and O–H groups in total. The molecule has 0 aliphatic carbocycles. The third-order valence-electron chi connectivity index (χ3n) is 19.6. The second kappa shape index (κ2) is 50.9. The molecule has 1 saturated heterocycles. The maximum Gasteiger partial charge on any atom is 0.329 e. The maximum atomic E-state index is 15.0. The predicted molar refractivity (Wildman–Crippen MR) is 441 cm³/mol. The van der Waals surface area contributed by atoms with Crippen LogP contribution in [-0.4, -0.2) is 261 Å². The van der Waals surface area contributed by atoms with Crippen LogP contribution >= 0.6 is 0 Å². The number of primary amides is 1. The van der Waals surface area contributed by atoms with Gasteiger partial charge in [0, 0.05) is 59.8 Å². The van der Waals surface area contributed by atoms with E-state index in [-0.39, 0.29) is 54.1 Å². The Balaban J connectivity index is 1.64. The summed E-state index contributed by atoms with van der Waals surface area (Å²) in [5.41, 5.74) is 18.3. The number of anilines is 2. The Bertz CT molecular complexity index is 4650. The Morgan fingerprint density at radius 2 is 1.10 bits per heavy atom. The van der Waals surface area contributed by atoms with Crippen molar-refractivity contribution in [2.24, 2.45) is 11.7 Å². The number of ether oxygens (including phenoxy) is 2. The first-order valence-electron chi connectivity index (χ1n) is 40.1. The molecule has 1 fully saturated rings. The second-order valence-corrected chi connectivity index (χ2v) is 29.7. The summed E-state index contributed by atoms with van der Waals surface area (Å²) < 4.78 is 10.9. The molecular weight excluding hydrogens is 1660 g/mol. The lowest BCUT2D eigenvalue weighted by Crippen LogP contribution is -2.62. The summed E-state index contributed by atoms with van der Waals surface area (Å²) in [4.78, 5) is 293. The van der Waals surface area contributed by atoms with E-state index < -0.39 is 267 Å². The molecule has 0 spiro atoms. The van der Waals surface area contributed by atoms with Gasteiger partial charge in [0.2, 0.25) is 82.7 Å². The molecule has 15 amide bonds. The molecule has 46 heteroatoms. The van der Waals surface area contributed by atoms with Crippen molar-refractivity contribution in [2.75, 3.05) is 44.8 Å². The highest BCUT2D eigenvalue weighted by atomic mass is 16.5. The number of aliphatic hydroxyl groups is 1. The van der Waals surface area contributed by atoms with Gasteiger partial charge in [0.05, 0.1) is 64.5 Å². The van der Waals surface area contributed by atoms with E-state index in [1.165, 1.54) is 49.6 Å². The Kier molecular flexibility index (Phi) is 41.3. The number of esters is 1. The van der Waals surface area contributed by atoms with E-state index in [1.54, 1.807) is 30.5 Å². The summed E-state index contributed by atoms with van der Waals surface area (Å²) in [6.45, 7) is 0.764. The molecule has 686 valence electrons. The number of cyclic esters (lactones) is 1. The van der Waals surface area contributed by atoms with Crippen LogP contribution in [0.4, 0.5) is 11.4 Å². The van der Waals surface area contributed by atoms with Crippen LogP contribution in [0.1, 0.15) is 157 Å². The third-order valence-corrected chi connectivity index (χ3v) is 19.6. The standard InChI is InChI=1S/C80H108N18O28/c1-6-7-8-9-10-11-12-23-60(102)90-51(28-42-35-85-49-21-16-14-18-44(42)49)74(118)93-52(31-59(83)101)75(119)95-55(34-66(111)112)76(120)98-68-41(4)126-80(124)56(30-58(100)45-19-13-15-20-47(45)81)96-79(123)67(39(2)27-63(105)106)97-77(121)57(38-99)91-62(104)36-86-71(115)53(32-64(107)108)92-69(113)40(3)88-73(117)54(33-65(109)110)94-72(116)50(89-61(103)37-87-78(68)122)22-17-26-84-70(114)46-29-43(125-5)24-25-48(46)82/h13-16,18-21,24-25,29,35,39-41,50-57,67-68,85,99H,6-12,17,22-23,26-28,30-34,36-38,81-82H2,1-5H3,(H2,83,101)(H,84,114)(H,86,115)(H,87,122)(H,88,117)(H,89,103)(H,90,102)(H,91,104)(H,92,113)(H,93,118)(H,94,116)(H,95,119)(H,96,123)(H,97,121)(H,98,120)(H,105,106)(H,107,108)(H,109,110)(H,111,112)/t39-,40-,41-,50+,51+,52+,53+,54+,55+,56+,57-,67+,68+/m1/s1. The van der Waals surface area contributed by atoms with Crippen molar-refractivity contribution in [3.05, 3.63) is 89.6 Å². The second-order valence-electron chi connectivity index (χ2n) is 29.7. The number of methoxy groups -OCH3 is 1. The Hall–Kier alpha value is -14.4. The molecule has 1 aromatic heterocycles. The van der Waals surface area contributed by atoms with E-state index in [0.29, 0.717) is 29.3 Å². The number of Topliss-reactive ketones (excluding diaryl/α,β-unsaturated/α-hetero) is 1. The number of para-hydroxylation sites is 2. The highest BCUT2D eigenvalue weighted by Gasteiger charge is 2.41. The zero-order valence-corrected chi connectivity index (χ0v) is 69.6. The molecule has 0 saturated carbocycles. The van der Waals surface area contributed by atoms with Gasteiger partial charge in [-0.25, -0.2) is 4.79 Å². The first-order chi connectivity index (χ1) is 59.6. The minimum Gasteiger partial charge on any atom is -0.497 e. The van der Waals surface area contributed by atoms with Crippen LogP contribution in [0.3, 0.4) is 0 Å². The van der Waals surface area contributed by atoms with Crippen molar-refractivity contribution in [3.63, 3.8) is 0 Å². The number of benzene rings is 3. The lowest BCUT2D eigenvalue weighted by molar-refractivity contribution is -0.156. The molecule has 13 atom stereocenters. The molecule has 46 nitrogen and oxygen atoms in total. The normalized spacial score (nSPS) is 20.3. The molecule has 4 aromatic rings. The molecule has 1 aliphatic rings. The predicted octanol–water partition coefficient (Wildman–Crippen LogP) is -4.56. The Morgan fingerprint density at radius 3 is 1.72 bits per heavy atom. The lowest BCUT2D eigenvalue weighted by Gasteiger charge is -2.30. The van der Waals surface area contributed by atoms with E-state index in [1.807, 2.05) is 16.0 Å². The number of carbonyl (C=O) groups excluding carboxylic acids is 17. The monoisotopic (exact) mass is 1770 g/mol. The van der Waals surface area contributed by atoms with Crippen molar-refractivity contribution in [3.8, 4) is 5.75 Å². The summed E-state index contributed by atoms with van der Waals surface area (Å²) in [5, 5.41) is 81.7.